The number of nitrogens with zero attached hydrogens (tertiary/aromatic N) is 1. The lowest BCUT2D eigenvalue weighted by molar-refractivity contribution is -0.177. The molecule has 0 saturated heterocycles. The van der Waals surface area contributed by atoms with Gasteiger partial charge in [0.1, 0.15) is 6.61 Å². The molecule has 2 aromatic rings. The first-order valence-corrected chi connectivity index (χ1v) is 11.1. The summed E-state index contributed by atoms with van der Waals surface area (Å²) in [5, 5.41) is 1.16. The lowest BCUT2D eigenvalue weighted by Crippen LogP contribution is -2.25. The molecule has 2 aromatic carbocycles. The van der Waals surface area contributed by atoms with Crippen LogP contribution in [0.3, 0.4) is 0 Å². The Balaban J connectivity index is 2.06. The summed E-state index contributed by atoms with van der Waals surface area (Å²) in [5.41, 5.74) is 0.887. The largest absolute Gasteiger partial charge is 0.335 e. The van der Waals surface area contributed by atoms with Crippen molar-refractivity contribution in [3.63, 3.8) is 0 Å². The Morgan fingerprint density at radius 1 is 1.11 bits per heavy atom. The van der Waals surface area contributed by atoms with Crippen molar-refractivity contribution in [1.82, 2.24) is 5.06 Å². The number of hydrogen-bond acceptors (Lipinski definition) is 4. The molecule has 0 radical (unpaired) electrons. The van der Waals surface area contributed by atoms with Crippen molar-refractivity contribution in [1.29, 1.82) is 0 Å². The van der Waals surface area contributed by atoms with Crippen molar-refractivity contribution in [2.24, 2.45) is 0 Å². The zero-order valence-electron chi connectivity index (χ0n) is 16.3. The topological polar surface area (TPSA) is 76.1 Å². The van der Waals surface area contributed by atoms with Crippen LogP contribution in [0.2, 0.25) is 0 Å². The minimum Gasteiger partial charge on any atom is -0.324 e. The van der Waals surface area contributed by atoms with Crippen molar-refractivity contribution in [2.45, 2.75) is 45.1 Å². The van der Waals surface area contributed by atoms with E-state index in [4.69, 9.17) is 9.36 Å². The molecule has 0 aliphatic heterocycles. The van der Waals surface area contributed by atoms with Crippen LogP contribution in [-0.4, -0.2) is 29.0 Å². The molecule has 7 heteroatoms. The molecular weight excluding hydrogens is 377 g/mol. The van der Waals surface area contributed by atoms with Crippen molar-refractivity contribution >= 4 is 14.0 Å². The van der Waals surface area contributed by atoms with E-state index in [0.29, 0.717) is 18.4 Å². The van der Waals surface area contributed by atoms with E-state index in [9.17, 15) is 14.3 Å². The standard InChI is InChI=1S/C21H28NO5P/c1-3-18(2)27-28(24,25)21(20-12-8-5-9-13-20)14-15-22(17-23)26-16-19-10-6-4-7-11-19/h4-13,17-18,21H,3,14-16H2,1-2H3,(H,24,25). The molecule has 0 saturated carbocycles. The third-order valence-corrected chi connectivity index (χ3v) is 6.47. The van der Waals surface area contributed by atoms with Gasteiger partial charge in [-0.05, 0) is 30.9 Å². The Kier molecular flexibility index (Phi) is 8.87. The molecule has 0 aliphatic carbocycles. The molecule has 0 bridgehead atoms. The summed E-state index contributed by atoms with van der Waals surface area (Å²) in [5.74, 6) is 0. The van der Waals surface area contributed by atoms with Gasteiger partial charge in [-0.15, -0.1) is 0 Å². The highest BCUT2D eigenvalue weighted by Crippen LogP contribution is 2.59. The van der Waals surface area contributed by atoms with Crippen LogP contribution in [0.1, 0.15) is 43.5 Å². The van der Waals surface area contributed by atoms with Crippen molar-refractivity contribution in [3.8, 4) is 0 Å². The molecule has 0 aliphatic rings. The van der Waals surface area contributed by atoms with Gasteiger partial charge in [-0.3, -0.25) is 14.2 Å². The molecule has 1 N–H and O–H groups in total. The lowest BCUT2D eigenvalue weighted by atomic mass is 10.1. The first-order chi connectivity index (χ1) is 13.5. The van der Waals surface area contributed by atoms with Gasteiger partial charge in [-0.1, -0.05) is 67.6 Å². The predicted octanol–water partition coefficient (Wildman–Crippen LogP) is 4.71. The van der Waals surface area contributed by atoms with Crippen molar-refractivity contribution < 1.29 is 23.6 Å². The monoisotopic (exact) mass is 405 g/mol. The van der Waals surface area contributed by atoms with E-state index >= 15 is 0 Å². The van der Waals surface area contributed by atoms with Crippen LogP contribution in [0.25, 0.3) is 0 Å². The van der Waals surface area contributed by atoms with Gasteiger partial charge in [0, 0.05) is 6.54 Å². The molecule has 0 heterocycles. The summed E-state index contributed by atoms with van der Waals surface area (Å²) in [6.07, 6.45) is 1.12. The second kappa shape index (κ2) is 11.1. The quantitative estimate of drug-likeness (QED) is 0.314. The number of rotatable bonds is 12. The highest BCUT2D eigenvalue weighted by atomic mass is 31.2. The van der Waals surface area contributed by atoms with E-state index in [1.54, 1.807) is 19.1 Å². The Labute approximate surface area is 166 Å². The van der Waals surface area contributed by atoms with Crippen LogP contribution in [-0.2, 0) is 25.3 Å². The molecule has 2 rings (SSSR count). The summed E-state index contributed by atoms with van der Waals surface area (Å²) in [6.45, 7) is 4.08. The number of carbonyl (C=O) groups excluding carboxylic acids is 1. The number of amides is 1. The summed E-state index contributed by atoms with van der Waals surface area (Å²) >= 11 is 0. The second-order valence-corrected chi connectivity index (χ2v) is 8.57. The van der Waals surface area contributed by atoms with Gasteiger partial charge in [0.15, 0.2) is 0 Å². The third-order valence-electron chi connectivity index (χ3n) is 4.46. The molecule has 152 valence electrons. The fourth-order valence-corrected chi connectivity index (χ4v) is 4.53. The maximum Gasteiger partial charge on any atom is 0.335 e. The minimum absolute atomic E-state index is 0.171. The summed E-state index contributed by atoms with van der Waals surface area (Å²) < 4.78 is 18.4. The predicted molar refractivity (Wildman–Crippen MR) is 108 cm³/mol. The molecule has 28 heavy (non-hydrogen) atoms. The number of carbonyl (C=O) groups is 1. The first-order valence-electron chi connectivity index (χ1n) is 9.40. The fourth-order valence-electron chi connectivity index (χ4n) is 2.73. The summed E-state index contributed by atoms with van der Waals surface area (Å²) in [6, 6.07) is 18.6. The van der Waals surface area contributed by atoms with Gasteiger partial charge in [0.05, 0.1) is 11.8 Å². The molecule has 0 spiro atoms. The van der Waals surface area contributed by atoms with E-state index in [-0.39, 0.29) is 25.7 Å². The number of hydroxylamine groups is 2. The Morgan fingerprint density at radius 2 is 1.71 bits per heavy atom. The highest BCUT2D eigenvalue weighted by molar-refractivity contribution is 7.53. The number of benzene rings is 2. The second-order valence-electron chi connectivity index (χ2n) is 6.61. The maximum absolute atomic E-state index is 12.9. The Morgan fingerprint density at radius 3 is 2.29 bits per heavy atom. The summed E-state index contributed by atoms with van der Waals surface area (Å²) in [4.78, 5) is 27.5. The molecule has 0 aromatic heterocycles. The van der Waals surface area contributed by atoms with E-state index in [1.807, 2.05) is 55.5 Å². The number of hydrogen-bond donors (Lipinski definition) is 1. The minimum atomic E-state index is -3.94. The van der Waals surface area contributed by atoms with Crippen LogP contribution in [0, 0.1) is 0 Å². The smallest absolute Gasteiger partial charge is 0.324 e. The van der Waals surface area contributed by atoms with Crippen molar-refractivity contribution in [3.05, 3.63) is 71.8 Å². The first kappa shape index (κ1) is 22.3. The van der Waals surface area contributed by atoms with Crippen molar-refractivity contribution in [2.75, 3.05) is 6.54 Å². The lowest BCUT2D eigenvalue weighted by Gasteiger charge is -2.27. The van der Waals surface area contributed by atoms with Gasteiger partial charge in [-0.25, -0.2) is 5.06 Å². The van der Waals surface area contributed by atoms with Crippen LogP contribution in [0.15, 0.2) is 60.7 Å². The van der Waals surface area contributed by atoms with Gasteiger partial charge in [-0.2, -0.15) is 0 Å². The van der Waals surface area contributed by atoms with E-state index in [2.05, 4.69) is 0 Å². The van der Waals surface area contributed by atoms with Crippen LogP contribution < -0.4 is 0 Å². The van der Waals surface area contributed by atoms with Crippen LogP contribution in [0.5, 0.6) is 0 Å². The van der Waals surface area contributed by atoms with Gasteiger partial charge < -0.3 is 9.42 Å². The molecule has 6 nitrogen and oxygen atoms in total. The zero-order chi connectivity index (χ0) is 20.4. The summed E-state index contributed by atoms with van der Waals surface area (Å²) in [7, 11) is -3.94. The maximum atomic E-state index is 12.9. The third kappa shape index (κ3) is 6.88. The molecule has 1 amide bonds. The Bertz CT molecular complexity index is 756. The molecule has 3 unspecified atom stereocenters. The van der Waals surface area contributed by atoms with Gasteiger partial charge in [0.25, 0.3) is 0 Å². The molecule has 3 atom stereocenters. The fraction of sp³-hybridized carbons (Fsp3) is 0.381. The van der Waals surface area contributed by atoms with Gasteiger partial charge in [0.2, 0.25) is 6.41 Å². The van der Waals surface area contributed by atoms with E-state index in [0.717, 1.165) is 10.6 Å². The van der Waals surface area contributed by atoms with Crippen LogP contribution in [0.4, 0.5) is 0 Å². The average Bonchev–Trinajstić information content (AvgIpc) is 2.71. The van der Waals surface area contributed by atoms with Gasteiger partial charge >= 0.3 is 7.60 Å². The van der Waals surface area contributed by atoms with E-state index < -0.39 is 13.3 Å². The normalized spacial score (nSPS) is 15.4. The molecule has 0 fully saturated rings. The Hall–Kier alpha value is -1.98. The van der Waals surface area contributed by atoms with E-state index in [1.165, 1.54) is 0 Å². The highest BCUT2D eigenvalue weighted by Gasteiger charge is 2.35. The molecular formula is C21H28NO5P. The average molecular weight is 405 g/mol. The SMILES string of the molecule is CCC(C)OP(=O)(O)C(CCN(C=O)OCc1ccccc1)c1ccccc1. The zero-order valence-corrected chi connectivity index (χ0v) is 17.2. The van der Waals surface area contributed by atoms with Crippen LogP contribution >= 0.6 is 7.60 Å².